The van der Waals surface area contributed by atoms with E-state index in [-0.39, 0.29) is 4.31 Å². The van der Waals surface area contributed by atoms with Crippen LogP contribution in [0.25, 0.3) is 0 Å². The molecule has 0 bridgehead atoms. The number of halogens is 4. The van der Waals surface area contributed by atoms with Crippen LogP contribution >= 0.6 is 0 Å². The van der Waals surface area contributed by atoms with E-state index < -0.39 is 45.2 Å². The van der Waals surface area contributed by atoms with E-state index in [4.69, 9.17) is 0 Å². The molecule has 5 nitrogen and oxygen atoms in total. The highest BCUT2D eigenvalue weighted by atomic mass is 32.2. The summed E-state index contributed by atoms with van der Waals surface area (Å²) in [5.74, 6) is -0.734. The smallest absolute Gasteiger partial charge is 0.269 e. The number of sulfonamides is 1. The summed E-state index contributed by atoms with van der Waals surface area (Å²) in [5, 5.41) is -0.678. The lowest BCUT2D eigenvalue weighted by Crippen LogP contribution is -2.42. The second-order valence-corrected chi connectivity index (χ2v) is 6.58. The summed E-state index contributed by atoms with van der Waals surface area (Å²) in [6, 6.07) is 0.957. The van der Waals surface area contributed by atoms with Gasteiger partial charge in [0.2, 0.25) is 0 Å². The number of alkyl halides is 3. The van der Waals surface area contributed by atoms with Crippen molar-refractivity contribution in [2.45, 2.75) is 26.1 Å². The van der Waals surface area contributed by atoms with Crippen LogP contribution in [0.5, 0.6) is 0 Å². The number of hydrogen-bond donors (Lipinski definition) is 0. The van der Waals surface area contributed by atoms with E-state index in [1.807, 2.05) is 0 Å². The van der Waals surface area contributed by atoms with Gasteiger partial charge >= 0.3 is 6.18 Å². The Morgan fingerprint density at radius 2 is 1.88 bits per heavy atom. The van der Waals surface area contributed by atoms with Crippen LogP contribution in [0.2, 0.25) is 0 Å². The summed E-state index contributed by atoms with van der Waals surface area (Å²) in [6.07, 6.45) is -3.05. The monoisotopic (exact) mass is 379 g/mol. The van der Waals surface area contributed by atoms with Crippen molar-refractivity contribution in [2.75, 3.05) is 6.54 Å². The van der Waals surface area contributed by atoms with E-state index in [9.17, 15) is 26.0 Å². The van der Waals surface area contributed by atoms with Gasteiger partial charge in [0.1, 0.15) is 11.9 Å². The summed E-state index contributed by atoms with van der Waals surface area (Å²) < 4.78 is 79.4. The Hall–Kier alpha value is -2.07. The lowest BCUT2D eigenvalue weighted by atomic mass is 10.1. The van der Waals surface area contributed by atoms with E-state index in [1.165, 1.54) is 13.8 Å². The zero-order chi connectivity index (χ0) is 19.3. The average Bonchev–Trinajstić information content (AvgIpc) is 2.52. The molecule has 0 N–H and O–H groups in total. The van der Waals surface area contributed by atoms with Crippen LogP contribution in [0.4, 0.5) is 17.6 Å². The van der Waals surface area contributed by atoms with Gasteiger partial charge in [0.05, 0.1) is 6.20 Å². The lowest BCUT2D eigenvalue weighted by Gasteiger charge is -2.31. The molecule has 0 spiro atoms. The number of benzene rings is 1. The Labute approximate surface area is 143 Å². The SMILES string of the molecule is C=N/C=C(\N=C/C)S(=O)(=O)N(CC)[C@H](c1ccc(F)cc1)C(F)(F)F. The predicted molar refractivity (Wildman–Crippen MR) is 88.3 cm³/mol. The van der Waals surface area contributed by atoms with Crippen molar-refractivity contribution >= 4 is 23.0 Å². The van der Waals surface area contributed by atoms with Gasteiger partial charge in [-0.1, -0.05) is 19.1 Å². The molecular formula is C15H17F4N3O2S. The van der Waals surface area contributed by atoms with Crippen LogP contribution in [0.1, 0.15) is 25.5 Å². The minimum Gasteiger partial charge on any atom is -0.269 e. The van der Waals surface area contributed by atoms with E-state index in [2.05, 4.69) is 16.7 Å². The quantitative estimate of drug-likeness (QED) is 0.536. The lowest BCUT2D eigenvalue weighted by molar-refractivity contribution is -0.173. The number of nitrogens with zero attached hydrogens (tertiary/aromatic N) is 3. The van der Waals surface area contributed by atoms with Crippen molar-refractivity contribution in [1.82, 2.24) is 4.31 Å². The molecule has 0 radical (unpaired) electrons. The van der Waals surface area contributed by atoms with Gasteiger partial charge in [0, 0.05) is 12.8 Å². The molecule has 0 unspecified atom stereocenters. The molecule has 0 heterocycles. The molecule has 0 amide bonds. The third-order valence-corrected chi connectivity index (χ3v) is 4.95. The van der Waals surface area contributed by atoms with Crippen molar-refractivity contribution in [2.24, 2.45) is 9.98 Å². The highest BCUT2D eigenvalue weighted by Gasteiger charge is 2.49. The molecule has 0 aliphatic carbocycles. The third-order valence-electron chi connectivity index (χ3n) is 3.13. The molecule has 1 atom stereocenters. The molecule has 0 saturated heterocycles. The average molecular weight is 379 g/mol. The molecule has 0 aliphatic heterocycles. The maximum Gasteiger partial charge on any atom is 0.409 e. The first-order valence-corrected chi connectivity index (χ1v) is 8.52. The van der Waals surface area contributed by atoms with Gasteiger partial charge in [-0.05, 0) is 31.3 Å². The normalized spacial score (nSPS) is 14.9. The summed E-state index contributed by atoms with van der Waals surface area (Å²) >= 11 is 0. The number of hydrogen-bond acceptors (Lipinski definition) is 4. The van der Waals surface area contributed by atoms with E-state index in [0.29, 0.717) is 0 Å². The van der Waals surface area contributed by atoms with Crippen molar-refractivity contribution in [3.63, 3.8) is 0 Å². The Bertz CT molecular complexity index is 756. The Morgan fingerprint density at radius 1 is 1.32 bits per heavy atom. The van der Waals surface area contributed by atoms with Gasteiger partial charge in [-0.2, -0.15) is 17.5 Å². The summed E-state index contributed by atoms with van der Waals surface area (Å²) in [7, 11) is -4.63. The zero-order valence-corrected chi connectivity index (χ0v) is 14.4. The van der Waals surface area contributed by atoms with E-state index in [0.717, 1.165) is 36.7 Å². The molecule has 1 aromatic carbocycles. The topological polar surface area (TPSA) is 62.1 Å². The van der Waals surface area contributed by atoms with Gasteiger partial charge < -0.3 is 0 Å². The van der Waals surface area contributed by atoms with Gasteiger partial charge in [-0.15, -0.1) is 0 Å². The van der Waals surface area contributed by atoms with Crippen molar-refractivity contribution in [3.8, 4) is 0 Å². The fourth-order valence-corrected chi connectivity index (χ4v) is 3.69. The summed E-state index contributed by atoms with van der Waals surface area (Å²) in [6.45, 7) is 5.27. The fourth-order valence-electron chi connectivity index (χ4n) is 2.15. The highest BCUT2D eigenvalue weighted by Crippen LogP contribution is 2.40. The van der Waals surface area contributed by atoms with Gasteiger partial charge in [0.25, 0.3) is 10.0 Å². The molecule has 1 aromatic rings. The van der Waals surface area contributed by atoms with Crippen molar-refractivity contribution < 1.29 is 26.0 Å². The van der Waals surface area contributed by atoms with Gasteiger partial charge in [-0.3, -0.25) is 4.99 Å². The first-order valence-electron chi connectivity index (χ1n) is 7.08. The predicted octanol–water partition coefficient (Wildman–Crippen LogP) is 3.67. The molecule has 0 fully saturated rings. The Morgan fingerprint density at radius 3 is 2.28 bits per heavy atom. The van der Waals surface area contributed by atoms with Crippen LogP contribution in [-0.2, 0) is 10.0 Å². The maximum absolute atomic E-state index is 13.6. The first kappa shape index (κ1) is 21.0. The van der Waals surface area contributed by atoms with E-state index in [1.54, 1.807) is 0 Å². The maximum atomic E-state index is 13.6. The molecule has 0 saturated carbocycles. The largest absolute Gasteiger partial charge is 0.409 e. The highest BCUT2D eigenvalue weighted by molar-refractivity contribution is 7.93. The third kappa shape index (κ3) is 4.95. The van der Waals surface area contributed by atoms with Crippen LogP contribution in [0.3, 0.4) is 0 Å². The molecule has 10 heteroatoms. The molecular weight excluding hydrogens is 362 g/mol. The zero-order valence-electron chi connectivity index (χ0n) is 13.5. The Balaban J connectivity index is 3.56. The van der Waals surface area contributed by atoms with Crippen LogP contribution in [0, 0.1) is 5.82 Å². The summed E-state index contributed by atoms with van der Waals surface area (Å²) in [5.41, 5.74) is -0.411. The van der Waals surface area contributed by atoms with E-state index >= 15 is 0 Å². The molecule has 0 aliphatic rings. The molecule has 0 aromatic heterocycles. The minimum absolute atomic E-state index is 0.240. The number of aliphatic imine (C=N–C) groups is 2. The standard InChI is InChI=1S/C15H17F4N3O2S/c1-4-21-13(10-20-3)25(23,24)22(5-2)14(15(17,18)19)11-6-8-12(16)9-7-11/h4,6-10,14H,3,5H2,1-2H3/b13-10+,21-4-/t14-/m1/s1. The molecule has 138 valence electrons. The van der Waals surface area contributed by atoms with Crippen molar-refractivity contribution in [1.29, 1.82) is 0 Å². The second-order valence-electron chi connectivity index (χ2n) is 4.74. The van der Waals surface area contributed by atoms with Crippen LogP contribution in [-0.4, -0.2) is 38.4 Å². The van der Waals surface area contributed by atoms with Gasteiger partial charge in [0.15, 0.2) is 5.03 Å². The number of rotatable bonds is 7. The van der Waals surface area contributed by atoms with Crippen LogP contribution < -0.4 is 0 Å². The minimum atomic E-state index is -4.93. The fraction of sp³-hybridized carbons (Fsp3) is 0.333. The van der Waals surface area contributed by atoms with Gasteiger partial charge in [-0.25, -0.2) is 17.8 Å². The first-order chi connectivity index (χ1) is 11.6. The second kappa shape index (κ2) is 8.34. The molecule has 1 rings (SSSR count). The summed E-state index contributed by atoms with van der Waals surface area (Å²) in [4.78, 5) is 6.85. The Kier molecular flexibility index (Phi) is 7.00. The van der Waals surface area contributed by atoms with Crippen LogP contribution in [0.15, 0.2) is 45.5 Å². The van der Waals surface area contributed by atoms with Crippen molar-refractivity contribution in [3.05, 3.63) is 46.9 Å². The molecule has 25 heavy (non-hydrogen) atoms.